The highest BCUT2D eigenvalue weighted by atomic mass is 16.5. The summed E-state index contributed by atoms with van der Waals surface area (Å²) in [6.07, 6.45) is 3.12. The van der Waals surface area contributed by atoms with E-state index in [1.165, 1.54) is 0 Å². The fraction of sp³-hybridized carbons (Fsp3) is 0.684. The van der Waals surface area contributed by atoms with Crippen molar-refractivity contribution in [3.8, 4) is 0 Å². The van der Waals surface area contributed by atoms with E-state index in [1.54, 1.807) is 10.7 Å². The molecular weight excluding hydrogens is 344 g/mol. The summed E-state index contributed by atoms with van der Waals surface area (Å²) in [5.74, 6) is 1.76. The van der Waals surface area contributed by atoms with Gasteiger partial charge in [0.25, 0.3) is 5.56 Å². The van der Waals surface area contributed by atoms with Crippen LogP contribution in [0.5, 0.6) is 0 Å². The minimum atomic E-state index is 0.0339. The van der Waals surface area contributed by atoms with Crippen molar-refractivity contribution in [2.45, 2.75) is 52.1 Å². The van der Waals surface area contributed by atoms with Crippen LogP contribution in [0.25, 0.3) is 0 Å². The maximum absolute atomic E-state index is 12.2. The smallest absolute Gasteiger partial charge is 0.267 e. The zero-order chi connectivity index (χ0) is 18.8. The maximum Gasteiger partial charge on any atom is 0.267 e. The molecule has 2 aromatic rings. The molecule has 1 saturated heterocycles. The van der Waals surface area contributed by atoms with Gasteiger partial charge in [-0.15, -0.1) is 0 Å². The third-order valence-corrected chi connectivity index (χ3v) is 5.48. The maximum atomic E-state index is 12.2. The minimum Gasteiger partial charge on any atom is -0.338 e. The Balaban J connectivity index is 1.25. The SMILES string of the molecule is CC(C)c1noc(CN2CCN(CCn3nc4c(cc3=O)CCC4)CC2)n1. The van der Waals surface area contributed by atoms with Crippen molar-refractivity contribution in [2.24, 2.45) is 0 Å². The Kier molecular flexibility index (Phi) is 5.36. The first-order valence-electron chi connectivity index (χ1n) is 9.95. The summed E-state index contributed by atoms with van der Waals surface area (Å²) in [6.45, 7) is 10.2. The molecule has 0 aromatic carbocycles. The van der Waals surface area contributed by atoms with Crippen LogP contribution in [0.1, 0.15) is 49.2 Å². The molecule has 2 aliphatic rings. The number of rotatable bonds is 6. The van der Waals surface area contributed by atoms with Crippen LogP contribution in [-0.4, -0.2) is 62.4 Å². The molecule has 1 fully saturated rings. The van der Waals surface area contributed by atoms with Gasteiger partial charge in [-0.25, -0.2) is 4.68 Å². The number of hydrogen-bond acceptors (Lipinski definition) is 7. The molecule has 2 aromatic heterocycles. The molecule has 4 rings (SSSR count). The van der Waals surface area contributed by atoms with Gasteiger partial charge in [0.05, 0.1) is 18.8 Å². The first-order chi connectivity index (χ1) is 13.1. The Morgan fingerprint density at radius 2 is 1.89 bits per heavy atom. The zero-order valence-corrected chi connectivity index (χ0v) is 16.2. The zero-order valence-electron chi connectivity index (χ0n) is 16.2. The lowest BCUT2D eigenvalue weighted by molar-refractivity contribution is 0.113. The molecule has 0 atom stereocenters. The monoisotopic (exact) mass is 372 g/mol. The van der Waals surface area contributed by atoms with E-state index in [0.29, 0.717) is 19.0 Å². The summed E-state index contributed by atoms with van der Waals surface area (Å²) < 4.78 is 6.99. The van der Waals surface area contributed by atoms with Gasteiger partial charge >= 0.3 is 0 Å². The van der Waals surface area contributed by atoms with E-state index in [1.807, 2.05) is 0 Å². The van der Waals surface area contributed by atoms with Crippen LogP contribution in [0.2, 0.25) is 0 Å². The van der Waals surface area contributed by atoms with Gasteiger partial charge in [-0.1, -0.05) is 19.0 Å². The Bertz CT molecular complexity index is 835. The Labute approximate surface area is 159 Å². The number of fused-ring (bicyclic) bond motifs is 1. The van der Waals surface area contributed by atoms with E-state index in [4.69, 9.17) is 4.52 Å². The molecule has 146 valence electrons. The summed E-state index contributed by atoms with van der Waals surface area (Å²) in [7, 11) is 0. The van der Waals surface area contributed by atoms with Gasteiger partial charge in [-0.05, 0) is 24.8 Å². The number of piperazine rings is 1. The molecule has 0 N–H and O–H groups in total. The molecule has 0 saturated carbocycles. The number of aromatic nitrogens is 4. The van der Waals surface area contributed by atoms with Crippen LogP contribution in [-0.2, 0) is 25.9 Å². The molecule has 8 heteroatoms. The van der Waals surface area contributed by atoms with Gasteiger partial charge in [0.1, 0.15) is 0 Å². The molecule has 0 spiro atoms. The largest absolute Gasteiger partial charge is 0.338 e. The van der Waals surface area contributed by atoms with Crippen LogP contribution < -0.4 is 5.56 Å². The highest BCUT2D eigenvalue weighted by molar-refractivity contribution is 5.22. The molecular formula is C19H28N6O2. The van der Waals surface area contributed by atoms with Crippen molar-refractivity contribution < 1.29 is 4.52 Å². The predicted octanol–water partition coefficient (Wildman–Crippen LogP) is 1.06. The van der Waals surface area contributed by atoms with Crippen molar-refractivity contribution in [2.75, 3.05) is 32.7 Å². The van der Waals surface area contributed by atoms with E-state index in [0.717, 1.165) is 69.1 Å². The molecule has 1 aliphatic heterocycles. The third kappa shape index (κ3) is 4.27. The van der Waals surface area contributed by atoms with Crippen LogP contribution in [0, 0.1) is 0 Å². The Morgan fingerprint density at radius 3 is 2.63 bits per heavy atom. The van der Waals surface area contributed by atoms with Gasteiger partial charge in [0.2, 0.25) is 5.89 Å². The molecule has 0 radical (unpaired) electrons. The average molecular weight is 372 g/mol. The third-order valence-electron chi connectivity index (χ3n) is 5.48. The van der Waals surface area contributed by atoms with E-state index >= 15 is 0 Å². The molecule has 0 amide bonds. The van der Waals surface area contributed by atoms with E-state index in [9.17, 15) is 4.79 Å². The second-order valence-electron chi connectivity index (χ2n) is 7.85. The molecule has 3 heterocycles. The number of aryl methyl sites for hydroxylation is 2. The standard InChI is InChI=1S/C19H28N6O2/c1-14(2)19-20-17(27-22-19)13-24-8-6-23(7-9-24)10-11-25-18(26)12-15-4-3-5-16(15)21-25/h12,14H,3-11,13H2,1-2H3. The molecule has 8 nitrogen and oxygen atoms in total. The number of hydrogen-bond donors (Lipinski definition) is 0. The topological polar surface area (TPSA) is 80.3 Å². The summed E-state index contributed by atoms with van der Waals surface area (Å²) >= 11 is 0. The van der Waals surface area contributed by atoms with E-state index < -0.39 is 0 Å². The summed E-state index contributed by atoms with van der Waals surface area (Å²) in [5, 5.41) is 8.59. The minimum absolute atomic E-state index is 0.0339. The van der Waals surface area contributed by atoms with Crippen LogP contribution in [0.15, 0.2) is 15.4 Å². The van der Waals surface area contributed by atoms with Gasteiger partial charge in [-0.2, -0.15) is 10.1 Å². The highest BCUT2D eigenvalue weighted by Crippen LogP contribution is 2.17. The van der Waals surface area contributed by atoms with Crippen molar-refractivity contribution in [3.05, 3.63) is 39.4 Å². The van der Waals surface area contributed by atoms with E-state index in [2.05, 4.69) is 38.9 Å². The van der Waals surface area contributed by atoms with Crippen molar-refractivity contribution in [1.29, 1.82) is 0 Å². The second kappa shape index (κ2) is 7.90. The van der Waals surface area contributed by atoms with Crippen molar-refractivity contribution in [3.63, 3.8) is 0 Å². The van der Waals surface area contributed by atoms with Crippen LogP contribution in [0.3, 0.4) is 0 Å². The van der Waals surface area contributed by atoms with Gasteiger partial charge in [0, 0.05) is 44.7 Å². The Morgan fingerprint density at radius 1 is 1.11 bits per heavy atom. The highest BCUT2D eigenvalue weighted by Gasteiger charge is 2.20. The van der Waals surface area contributed by atoms with Gasteiger partial charge in [-0.3, -0.25) is 14.6 Å². The van der Waals surface area contributed by atoms with Crippen LogP contribution >= 0.6 is 0 Å². The van der Waals surface area contributed by atoms with Crippen LogP contribution in [0.4, 0.5) is 0 Å². The summed E-state index contributed by atoms with van der Waals surface area (Å²) in [6, 6.07) is 1.78. The molecule has 0 unspecified atom stereocenters. The van der Waals surface area contributed by atoms with Gasteiger partial charge < -0.3 is 4.52 Å². The molecule has 27 heavy (non-hydrogen) atoms. The fourth-order valence-electron chi connectivity index (χ4n) is 3.76. The van der Waals surface area contributed by atoms with Gasteiger partial charge in [0.15, 0.2) is 5.82 Å². The lowest BCUT2D eigenvalue weighted by atomic mass is 10.2. The molecule has 1 aliphatic carbocycles. The predicted molar refractivity (Wildman–Crippen MR) is 101 cm³/mol. The summed E-state index contributed by atoms with van der Waals surface area (Å²) in [5.41, 5.74) is 2.29. The van der Waals surface area contributed by atoms with E-state index in [-0.39, 0.29) is 11.5 Å². The Hall–Kier alpha value is -2.06. The summed E-state index contributed by atoms with van der Waals surface area (Å²) in [4.78, 5) is 21.4. The van der Waals surface area contributed by atoms with Crippen molar-refractivity contribution in [1.82, 2.24) is 29.7 Å². The average Bonchev–Trinajstić information content (AvgIpc) is 3.30. The lowest BCUT2D eigenvalue weighted by Crippen LogP contribution is -2.47. The normalized spacial score (nSPS) is 18.3. The fourth-order valence-corrected chi connectivity index (χ4v) is 3.76. The first kappa shape index (κ1) is 18.3. The first-order valence-corrected chi connectivity index (χ1v) is 9.95. The number of nitrogens with zero attached hydrogens (tertiary/aromatic N) is 6. The quantitative estimate of drug-likeness (QED) is 0.750. The van der Waals surface area contributed by atoms with Crippen molar-refractivity contribution >= 4 is 0 Å². The lowest BCUT2D eigenvalue weighted by Gasteiger charge is -2.33. The second-order valence-corrected chi connectivity index (χ2v) is 7.85. The molecule has 0 bridgehead atoms.